The van der Waals surface area contributed by atoms with Crippen molar-refractivity contribution in [3.05, 3.63) is 74.3 Å². The second-order valence-corrected chi connectivity index (χ2v) is 7.94. The van der Waals surface area contributed by atoms with Crippen LogP contribution in [0.4, 0.5) is 5.69 Å². The quantitative estimate of drug-likeness (QED) is 0.553. The van der Waals surface area contributed by atoms with E-state index in [1.54, 1.807) is 4.90 Å². The summed E-state index contributed by atoms with van der Waals surface area (Å²) < 4.78 is 0. The van der Waals surface area contributed by atoms with Crippen molar-refractivity contribution < 1.29 is 9.72 Å². The van der Waals surface area contributed by atoms with Gasteiger partial charge >= 0.3 is 0 Å². The van der Waals surface area contributed by atoms with E-state index in [1.807, 2.05) is 23.9 Å². The van der Waals surface area contributed by atoms with Crippen LogP contribution in [0.2, 0.25) is 5.02 Å². The number of nitro benzene ring substituents is 1. The smallest absolute Gasteiger partial charge is 0.270 e. The highest BCUT2D eigenvalue weighted by atomic mass is 35.5. The molecule has 2 aromatic rings. The van der Waals surface area contributed by atoms with Gasteiger partial charge in [-0.2, -0.15) is 11.8 Å². The number of non-ortho nitro benzene ring substituents is 1. The van der Waals surface area contributed by atoms with Gasteiger partial charge < -0.3 is 4.90 Å². The molecule has 1 fully saturated rings. The van der Waals surface area contributed by atoms with Crippen LogP contribution in [0.25, 0.3) is 0 Å². The molecule has 0 bridgehead atoms. The zero-order chi connectivity index (χ0) is 18.7. The summed E-state index contributed by atoms with van der Waals surface area (Å²) in [6.07, 6.45) is 0.841. The fraction of sp³-hybridized carbons (Fsp3) is 0.316. The summed E-state index contributed by atoms with van der Waals surface area (Å²) in [6.45, 7) is 3.31. The Kier molecular flexibility index (Phi) is 5.84. The SMILES string of the molecule is Cc1ccccc1C1CCN(C(=O)c2cc([N+](=O)[O-])ccc2Cl)CCS1. The number of amides is 1. The highest BCUT2D eigenvalue weighted by molar-refractivity contribution is 7.99. The maximum atomic E-state index is 12.9. The predicted octanol–water partition coefficient (Wildman–Crippen LogP) is 4.88. The first-order chi connectivity index (χ1) is 12.5. The number of carbonyl (C=O) groups excluding carboxylic acids is 1. The highest BCUT2D eigenvalue weighted by Crippen LogP contribution is 2.36. The summed E-state index contributed by atoms with van der Waals surface area (Å²) >= 11 is 7.97. The van der Waals surface area contributed by atoms with Gasteiger partial charge in [-0.05, 0) is 30.5 Å². The van der Waals surface area contributed by atoms with E-state index in [0.717, 1.165) is 12.2 Å². The Bertz CT molecular complexity index is 843. The van der Waals surface area contributed by atoms with Crippen LogP contribution in [-0.4, -0.2) is 34.6 Å². The van der Waals surface area contributed by atoms with Crippen LogP contribution in [0.3, 0.4) is 0 Å². The summed E-state index contributed by atoms with van der Waals surface area (Å²) in [4.78, 5) is 25.1. The molecule has 7 heteroatoms. The molecule has 0 aromatic heterocycles. The molecule has 1 unspecified atom stereocenters. The fourth-order valence-corrected chi connectivity index (χ4v) is 4.66. The molecular formula is C19H19ClN2O3S. The van der Waals surface area contributed by atoms with Crippen molar-refractivity contribution in [1.29, 1.82) is 0 Å². The lowest BCUT2D eigenvalue weighted by molar-refractivity contribution is -0.384. The average molecular weight is 391 g/mol. The molecule has 3 rings (SSSR count). The number of halogens is 1. The van der Waals surface area contributed by atoms with Gasteiger partial charge in [0.2, 0.25) is 0 Å². The van der Waals surface area contributed by atoms with Gasteiger partial charge in [-0.1, -0.05) is 35.9 Å². The molecule has 0 saturated carbocycles. The van der Waals surface area contributed by atoms with Gasteiger partial charge in [-0.25, -0.2) is 0 Å². The van der Waals surface area contributed by atoms with Crippen molar-refractivity contribution in [2.24, 2.45) is 0 Å². The Balaban J connectivity index is 1.77. The number of nitro groups is 1. The molecule has 26 heavy (non-hydrogen) atoms. The number of nitrogens with zero attached hydrogens (tertiary/aromatic N) is 2. The van der Waals surface area contributed by atoms with Gasteiger partial charge in [-0.15, -0.1) is 0 Å². The van der Waals surface area contributed by atoms with Gasteiger partial charge in [0.15, 0.2) is 0 Å². The summed E-state index contributed by atoms with van der Waals surface area (Å²) in [5, 5.41) is 11.6. The minimum Gasteiger partial charge on any atom is -0.338 e. The first-order valence-electron chi connectivity index (χ1n) is 8.37. The van der Waals surface area contributed by atoms with Crippen LogP contribution in [-0.2, 0) is 0 Å². The van der Waals surface area contributed by atoms with E-state index in [9.17, 15) is 14.9 Å². The van der Waals surface area contributed by atoms with Gasteiger partial charge in [0.25, 0.3) is 11.6 Å². The summed E-state index contributed by atoms with van der Waals surface area (Å²) in [5.74, 6) is 0.571. The predicted molar refractivity (Wildman–Crippen MR) is 105 cm³/mol. The Morgan fingerprint density at radius 1 is 1.27 bits per heavy atom. The lowest BCUT2D eigenvalue weighted by atomic mass is 10.0. The number of carbonyl (C=O) groups is 1. The second kappa shape index (κ2) is 8.10. The van der Waals surface area contributed by atoms with E-state index < -0.39 is 4.92 Å². The van der Waals surface area contributed by atoms with E-state index in [4.69, 9.17) is 11.6 Å². The Morgan fingerprint density at radius 2 is 2.04 bits per heavy atom. The van der Waals surface area contributed by atoms with Crippen molar-refractivity contribution in [2.45, 2.75) is 18.6 Å². The number of hydrogen-bond acceptors (Lipinski definition) is 4. The van der Waals surface area contributed by atoms with Crippen molar-refractivity contribution >= 4 is 35.0 Å². The third-order valence-electron chi connectivity index (χ3n) is 4.56. The largest absolute Gasteiger partial charge is 0.338 e. The molecular weight excluding hydrogens is 372 g/mol. The monoisotopic (exact) mass is 390 g/mol. The molecule has 5 nitrogen and oxygen atoms in total. The maximum absolute atomic E-state index is 12.9. The van der Waals surface area contributed by atoms with Gasteiger partial charge in [-0.3, -0.25) is 14.9 Å². The topological polar surface area (TPSA) is 63.5 Å². The van der Waals surface area contributed by atoms with Crippen LogP contribution in [0.5, 0.6) is 0 Å². The molecule has 1 amide bonds. The molecule has 0 radical (unpaired) electrons. The van der Waals surface area contributed by atoms with Gasteiger partial charge in [0.05, 0.1) is 15.5 Å². The normalized spacial score (nSPS) is 17.6. The second-order valence-electron chi connectivity index (χ2n) is 6.22. The minimum atomic E-state index is -0.514. The number of aryl methyl sites for hydroxylation is 1. The molecule has 1 atom stereocenters. The standard InChI is InChI=1S/C19H19ClN2O3S/c1-13-4-2-3-5-15(13)18-8-9-21(10-11-26-18)19(23)16-12-14(22(24)25)6-7-17(16)20/h2-7,12,18H,8-11H2,1H3. The van der Waals surface area contributed by atoms with Crippen molar-refractivity contribution in [1.82, 2.24) is 4.90 Å². The third-order valence-corrected chi connectivity index (χ3v) is 6.20. The van der Waals surface area contributed by atoms with E-state index >= 15 is 0 Å². The van der Waals surface area contributed by atoms with E-state index in [2.05, 4.69) is 19.1 Å². The maximum Gasteiger partial charge on any atom is 0.270 e. The van der Waals surface area contributed by atoms with Crippen molar-refractivity contribution in [2.75, 3.05) is 18.8 Å². The van der Waals surface area contributed by atoms with Gasteiger partial charge in [0, 0.05) is 36.2 Å². The van der Waals surface area contributed by atoms with Crippen LogP contribution in [0, 0.1) is 17.0 Å². The zero-order valence-corrected chi connectivity index (χ0v) is 15.9. The Labute approximate surface area is 161 Å². The average Bonchev–Trinajstić information content (AvgIpc) is 2.88. The molecule has 2 aromatic carbocycles. The molecule has 1 heterocycles. The lowest BCUT2D eigenvalue weighted by Crippen LogP contribution is -2.33. The van der Waals surface area contributed by atoms with Crippen LogP contribution in [0.15, 0.2) is 42.5 Å². The zero-order valence-electron chi connectivity index (χ0n) is 14.4. The minimum absolute atomic E-state index is 0.125. The van der Waals surface area contributed by atoms with E-state index in [-0.39, 0.29) is 22.2 Å². The first kappa shape index (κ1) is 18.7. The molecule has 1 aliphatic heterocycles. The first-order valence-corrected chi connectivity index (χ1v) is 9.80. The lowest BCUT2D eigenvalue weighted by Gasteiger charge is -2.21. The Hall–Kier alpha value is -2.05. The summed E-state index contributed by atoms with van der Waals surface area (Å²) in [6, 6.07) is 12.3. The molecule has 0 spiro atoms. The number of hydrogen-bond donors (Lipinski definition) is 0. The van der Waals surface area contributed by atoms with Crippen LogP contribution < -0.4 is 0 Å². The number of thioether (sulfide) groups is 1. The number of benzene rings is 2. The molecule has 1 aliphatic rings. The Morgan fingerprint density at radius 3 is 2.77 bits per heavy atom. The van der Waals surface area contributed by atoms with E-state index in [1.165, 1.54) is 29.3 Å². The fourth-order valence-electron chi connectivity index (χ4n) is 3.13. The van der Waals surface area contributed by atoms with Crippen molar-refractivity contribution in [3.8, 4) is 0 Å². The molecule has 136 valence electrons. The van der Waals surface area contributed by atoms with E-state index in [0.29, 0.717) is 18.3 Å². The number of rotatable bonds is 3. The van der Waals surface area contributed by atoms with Gasteiger partial charge in [0.1, 0.15) is 0 Å². The van der Waals surface area contributed by atoms with Crippen LogP contribution in [0.1, 0.15) is 33.2 Å². The molecule has 1 saturated heterocycles. The third kappa shape index (κ3) is 4.02. The highest BCUT2D eigenvalue weighted by Gasteiger charge is 2.25. The summed E-state index contributed by atoms with van der Waals surface area (Å²) in [5.41, 5.74) is 2.63. The molecule has 0 N–H and O–H groups in total. The summed E-state index contributed by atoms with van der Waals surface area (Å²) in [7, 11) is 0. The molecule has 0 aliphatic carbocycles. The van der Waals surface area contributed by atoms with Crippen molar-refractivity contribution in [3.63, 3.8) is 0 Å². The van der Waals surface area contributed by atoms with Crippen LogP contribution >= 0.6 is 23.4 Å².